The van der Waals surface area contributed by atoms with Gasteiger partial charge in [0.05, 0.1) is 0 Å². The van der Waals surface area contributed by atoms with Gasteiger partial charge in [0, 0.05) is 19.3 Å². The second-order valence-electron chi connectivity index (χ2n) is 23.7. The van der Waals surface area contributed by atoms with Crippen LogP contribution in [0.15, 0.2) is 97.2 Å². The van der Waals surface area contributed by atoms with E-state index in [0.29, 0.717) is 19.3 Å². The quantitative estimate of drug-likeness (QED) is 0.0261. The molecule has 0 N–H and O–H groups in total. The highest BCUT2D eigenvalue weighted by molar-refractivity contribution is 5.71. The summed E-state index contributed by atoms with van der Waals surface area (Å²) >= 11 is 0. The van der Waals surface area contributed by atoms with E-state index in [1.165, 1.54) is 199 Å². The number of carbonyl (C=O) groups is 3. The topological polar surface area (TPSA) is 78.9 Å². The van der Waals surface area contributed by atoms with E-state index in [1.807, 2.05) is 0 Å². The third-order valence-electron chi connectivity index (χ3n) is 15.6. The molecule has 0 aliphatic heterocycles. The van der Waals surface area contributed by atoms with Gasteiger partial charge < -0.3 is 14.2 Å². The Hall–Kier alpha value is -3.67. The van der Waals surface area contributed by atoms with Crippen molar-refractivity contribution in [3.05, 3.63) is 97.2 Å². The number of esters is 3. The maximum absolute atomic E-state index is 13.0. The molecule has 478 valence electrons. The van der Waals surface area contributed by atoms with Gasteiger partial charge in [-0.15, -0.1) is 0 Å². The predicted molar refractivity (Wildman–Crippen MR) is 362 cm³/mol. The van der Waals surface area contributed by atoms with Crippen molar-refractivity contribution in [1.29, 1.82) is 0 Å². The fraction of sp³-hybridized carbons (Fsp3) is 0.753. The smallest absolute Gasteiger partial charge is 0.306 e. The van der Waals surface area contributed by atoms with Gasteiger partial charge in [-0.2, -0.15) is 0 Å². The molecule has 0 rings (SSSR count). The first-order chi connectivity index (χ1) is 41.0. The average Bonchev–Trinajstić information content (AvgIpc) is 3.50. The molecule has 0 aliphatic carbocycles. The Kier molecular flexibility index (Phi) is 67.7. The van der Waals surface area contributed by atoms with Crippen molar-refractivity contribution >= 4 is 17.9 Å². The lowest BCUT2D eigenvalue weighted by atomic mass is 10.0. The zero-order valence-corrected chi connectivity index (χ0v) is 54.9. The fourth-order valence-electron chi connectivity index (χ4n) is 10.3. The highest BCUT2D eigenvalue weighted by Gasteiger charge is 2.19. The van der Waals surface area contributed by atoms with Crippen LogP contribution in [0.25, 0.3) is 0 Å². The first kappa shape index (κ1) is 79.3. The van der Waals surface area contributed by atoms with E-state index in [2.05, 4.69) is 118 Å². The lowest BCUT2D eigenvalue weighted by Crippen LogP contribution is -2.30. The predicted octanol–water partition coefficient (Wildman–Crippen LogP) is 24.8. The normalized spacial score (nSPS) is 12.7. The molecular formula is C77H134O6. The van der Waals surface area contributed by atoms with Gasteiger partial charge in [0.1, 0.15) is 13.2 Å². The maximum atomic E-state index is 13.0. The summed E-state index contributed by atoms with van der Waals surface area (Å²) in [6.07, 6.45) is 95.7. The summed E-state index contributed by atoms with van der Waals surface area (Å²) in [5.74, 6) is -0.876. The Balaban J connectivity index is 4.36. The van der Waals surface area contributed by atoms with Crippen LogP contribution in [-0.2, 0) is 28.6 Å². The summed E-state index contributed by atoms with van der Waals surface area (Å²) in [6, 6.07) is 0. The highest BCUT2D eigenvalue weighted by atomic mass is 16.6. The highest BCUT2D eigenvalue weighted by Crippen LogP contribution is 2.18. The SMILES string of the molecule is CC/C=C\C/C=C\C/C=C\C/C=C\CCCCCCCCCCCCCCC(=O)OCC(COC(=O)CCCCCCCC/C=C\C/C=C\C/C=C\C/C=C\CC)OC(=O)CCCCCCCCCCCCCCCCCCCCCCC. The summed E-state index contributed by atoms with van der Waals surface area (Å²) in [7, 11) is 0. The van der Waals surface area contributed by atoms with Gasteiger partial charge in [-0.25, -0.2) is 0 Å². The number of rotatable bonds is 65. The van der Waals surface area contributed by atoms with Crippen LogP contribution in [0.5, 0.6) is 0 Å². The molecule has 6 nitrogen and oxygen atoms in total. The number of unbranched alkanes of at least 4 members (excludes halogenated alkanes) is 38. The molecule has 0 aliphatic rings. The van der Waals surface area contributed by atoms with Gasteiger partial charge in [-0.05, 0) is 96.3 Å². The van der Waals surface area contributed by atoms with E-state index in [4.69, 9.17) is 14.2 Å². The number of ether oxygens (including phenoxy) is 3. The summed E-state index contributed by atoms with van der Waals surface area (Å²) in [4.78, 5) is 38.5. The fourth-order valence-corrected chi connectivity index (χ4v) is 10.3. The van der Waals surface area contributed by atoms with Crippen LogP contribution in [0.3, 0.4) is 0 Å². The maximum Gasteiger partial charge on any atom is 0.306 e. The van der Waals surface area contributed by atoms with Crippen LogP contribution < -0.4 is 0 Å². The minimum absolute atomic E-state index is 0.0800. The molecule has 1 unspecified atom stereocenters. The molecule has 0 aromatic carbocycles. The van der Waals surface area contributed by atoms with Crippen LogP contribution in [0, 0.1) is 0 Å². The molecule has 6 heteroatoms. The van der Waals surface area contributed by atoms with Crippen molar-refractivity contribution in [3.63, 3.8) is 0 Å². The Bertz CT molecular complexity index is 1610. The van der Waals surface area contributed by atoms with E-state index >= 15 is 0 Å². The molecular weight excluding hydrogens is 1020 g/mol. The van der Waals surface area contributed by atoms with Gasteiger partial charge >= 0.3 is 17.9 Å². The standard InChI is InChI=1S/C77H134O6/c1-4-7-10-13-16-19-22-25-28-31-34-36-37-38-39-41-43-46-49-52-55-58-61-64-67-70-76(79)82-73-74(72-81-75(78)69-66-63-60-57-54-51-48-45-42-33-30-27-24-21-18-15-12-9-6-3)83-77(80)71-68-65-62-59-56-53-50-47-44-40-35-32-29-26-23-20-17-14-11-8-5-2/h7,9-10,12,16,18-19,21,25,27-28,30,34,36,42,45,74H,4-6,8,11,13-15,17,20,22-24,26,29,31-33,35,37-41,43-44,46-73H2,1-3H3/b10-7-,12-9-,19-16-,21-18-,28-25-,30-27-,36-34-,45-42-. The van der Waals surface area contributed by atoms with Gasteiger partial charge in [0.25, 0.3) is 0 Å². The third kappa shape index (κ3) is 69.0. The Morgan fingerprint density at radius 1 is 0.253 bits per heavy atom. The van der Waals surface area contributed by atoms with E-state index in [0.717, 1.165) is 116 Å². The molecule has 0 saturated heterocycles. The summed E-state index contributed by atoms with van der Waals surface area (Å²) < 4.78 is 17.0. The lowest BCUT2D eigenvalue weighted by molar-refractivity contribution is -0.167. The molecule has 0 heterocycles. The van der Waals surface area contributed by atoms with Gasteiger partial charge in [0.15, 0.2) is 6.10 Å². The van der Waals surface area contributed by atoms with E-state index in [-0.39, 0.29) is 31.1 Å². The summed E-state index contributed by atoms with van der Waals surface area (Å²) in [6.45, 7) is 6.46. The zero-order valence-electron chi connectivity index (χ0n) is 54.9. The minimum atomic E-state index is -0.786. The van der Waals surface area contributed by atoms with Crippen LogP contribution in [-0.4, -0.2) is 37.2 Å². The van der Waals surface area contributed by atoms with Crippen molar-refractivity contribution in [3.8, 4) is 0 Å². The molecule has 0 aromatic heterocycles. The van der Waals surface area contributed by atoms with Crippen LogP contribution in [0.1, 0.15) is 355 Å². The molecule has 0 spiro atoms. The minimum Gasteiger partial charge on any atom is -0.462 e. The number of allylic oxidation sites excluding steroid dienone is 16. The van der Waals surface area contributed by atoms with Crippen molar-refractivity contribution in [1.82, 2.24) is 0 Å². The Labute approximate surface area is 515 Å². The van der Waals surface area contributed by atoms with Crippen molar-refractivity contribution in [2.75, 3.05) is 13.2 Å². The van der Waals surface area contributed by atoms with Crippen LogP contribution in [0.2, 0.25) is 0 Å². The Morgan fingerprint density at radius 2 is 0.470 bits per heavy atom. The third-order valence-corrected chi connectivity index (χ3v) is 15.6. The van der Waals surface area contributed by atoms with Gasteiger partial charge in [-0.1, -0.05) is 336 Å². The van der Waals surface area contributed by atoms with Crippen LogP contribution >= 0.6 is 0 Å². The summed E-state index contributed by atoms with van der Waals surface area (Å²) in [5.41, 5.74) is 0. The van der Waals surface area contributed by atoms with Crippen molar-refractivity contribution in [2.45, 2.75) is 361 Å². The monoisotopic (exact) mass is 1160 g/mol. The first-order valence-corrected chi connectivity index (χ1v) is 35.7. The van der Waals surface area contributed by atoms with E-state index in [9.17, 15) is 14.4 Å². The summed E-state index contributed by atoms with van der Waals surface area (Å²) in [5, 5.41) is 0. The van der Waals surface area contributed by atoms with Crippen molar-refractivity contribution in [2.24, 2.45) is 0 Å². The molecule has 0 fully saturated rings. The lowest BCUT2D eigenvalue weighted by Gasteiger charge is -2.18. The number of hydrogen-bond donors (Lipinski definition) is 0. The van der Waals surface area contributed by atoms with E-state index in [1.54, 1.807) is 0 Å². The largest absolute Gasteiger partial charge is 0.462 e. The second kappa shape index (κ2) is 70.8. The second-order valence-corrected chi connectivity index (χ2v) is 23.7. The van der Waals surface area contributed by atoms with Crippen molar-refractivity contribution < 1.29 is 28.6 Å². The molecule has 0 bridgehead atoms. The molecule has 0 amide bonds. The molecule has 1 atom stereocenters. The Morgan fingerprint density at radius 3 is 0.735 bits per heavy atom. The molecule has 0 saturated carbocycles. The zero-order chi connectivity index (χ0) is 59.9. The number of hydrogen-bond acceptors (Lipinski definition) is 6. The molecule has 0 radical (unpaired) electrons. The average molecular weight is 1160 g/mol. The molecule has 83 heavy (non-hydrogen) atoms. The van der Waals surface area contributed by atoms with Crippen LogP contribution in [0.4, 0.5) is 0 Å². The van der Waals surface area contributed by atoms with E-state index < -0.39 is 6.10 Å². The molecule has 0 aromatic rings. The van der Waals surface area contributed by atoms with Gasteiger partial charge in [0.2, 0.25) is 0 Å². The number of carbonyl (C=O) groups excluding carboxylic acids is 3. The van der Waals surface area contributed by atoms with Gasteiger partial charge in [-0.3, -0.25) is 14.4 Å². The first-order valence-electron chi connectivity index (χ1n) is 35.7.